The molecular weight excluding hydrogens is 295 g/mol. The van der Waals surface area contributed by atoms with Crippen LogP contribution in [0, 0.1) is 11.6 Å². The van der Waals surface area contributed by atoms with Gasteiger partial charge in [-0.1, -0.05) is 29.3 Å². The monoisotopic (exact) mass is 301 g/mol. The van der Waals surface area contributed by atoms with Gasteiger partial charge in [0.05, 0.1) is 21.8 Å². The zero-order valence-corrected chi connectivity index (χ0v) is 10.9. The molecule has 2 aromatic rings. The third-order valence-corrected chi connectivity index (χ3v) is 2.67. The summed E-state index contributed by atoms with van der Waals surface area (Å²) in [5, 5.41) is 4.30. The first-order valence-electron chi connectivity index (χ1n) is 5.12. The maximum absolute atomic E-state index is 13.3. The van der Waals surface area contributed by atoms with Crippen LogP contribution in [0.25, 0.3) is 0 Å². The Morgan fingerprint density at radius 1 is 1.21 bits per heavy atom. The molecule has 1 N–H and O–H groups in total. The van der Waals surface area contributed by atoms with Crippen molar-refractivity contribution in [2.45, 2.75) is 0 Å². The van der Waals surface area contributed by atoms with Gasteiger partial charge in [0.15, 0.2) is 5.82 Å². The lowest BCUT2D eigenvalue weighted by Crippen LogP contribution is -1.98. The van der Waals surface area contributed by atoms with Crippen molar-refractivity contribution in [1.29, 1.82) is 0 Å². The minimum atomic E-state index is -0.708. The molecule has 0 atom stereocenters. The Morgan fingerprint density at radius 3 is 2.53 bits per heavy atom. The average Bonchev–Trinajstić information content (AvgIpc) is 2.35. The van der Waals surface area contributed by atoms with E-state index in [1.54, 1.807) is 0 Å². The number of benzene rings is 1. The summed E-state index contributed by atoms with van der Waals surface area (Å²) in [7, 11) is 0. The Kier molecular flexibility index (Phi) is 4.29. The first-order valence-corrected chi connectivity index (χ1v) is 5.87. The van der Waals surface area contributed by atoms with Gasteiger partial charge in [0.25, 0.3) is 0 Å². The van der Waals surface area contributed by atoms with E-state index in [2.05, 4.69) is 15.5 Å². The highest BCUT2D eigenvalue weighted by atomic mass is 35.5. The normalized spacial score (nSPS) is 10.9. The molecule has 0 aliphatic carbocycles. The van der Waals surface area contributed by atoms with Crippen LogP contribution in [0.15, 0.2) is 35.6 Å². The number of nitrogens with one attached hydrogen (secondary N) is 1. The van der Waals surface area contributed by atoms with E-state index in [0.717, 1.165) is 18.3 Å². The fraction of sp³-hybridized carbons (Fsp3) is 0. The third kappa shape index (κ3) is 3.39. The molecule has 1 aromatic carbocycles. The highest BCUT2D eigenvalue weighted by Crippen LogP contribution is 2.22. The second-order valence-corrected chi connectivity index (χ2v) is 4.33. The molecule has 0 fully saturated rings. The summed E-state index contributed by atoms with van der Waals surface area (Å²) in [6.45, 7) is 0. The summed E-state index contributed by atoms with van der Waals surface area (Å²) in [5.74, 6) is -1.18. The topological polar surface area (TPSA) is 37.3 Å². The lowest BCUT2D eigenvalue weighted by atomic mass is 10.2. The fourth-order valence-electron chi connectivity index (χ4n) is 1.29. The van der Waals surface area contributed by atoms with Gasteiger partial charge in [0, 0.05) is 6.20 Å². The summed E-state index contributed by atoms with van der Waals surface area (Å²) in [5.41, 5.74) is 2.23. The predicted octanol–water partition coefficient (Wildman–Crippen LogP) is 4.11. The lowest BCUT2D eigenvalue weighted by Gasteiger charge is -2.02. The van der Waals surface area contributed by atoms with Crippen molar-refractivity contribution in [3.05, 3.63) is 57.7 Å². The number of pyridine rings is 1. The zero-order valence-electron chi connectivity index (χ0n) is 9.37. The number of halogens is 4. The van der Waals surface area contributed by atoms with Gasteiger partial charge in [-0.15, -0.1) is 0 Å². The summed E-state index contributed by atoms with van der Waals surface area (Å²) >= 11 is 11.5. The van der Waals surface area contributed by atoms with Crippen molar-refractivity contribution in [2.75, 3.05) is 5.43 Å². The molecule has 1 heterocycles. The molecule has 3 nitrogen and oxygen atoms in total. The minimum Gasteiger partial charge on any atom is -0.260 e. The van der Waals surface area contributed by atoms with Gasteiger partial charge in [-0.3, -0.25) is 5.43 Å². The molecule has 7 heteroatoms. The van der Waals surface area contributed by atoms with Crippen LogP contribution in [-0.4, -0.2) is 11.2 Å². The molecule has 19 heavy (non-hydrogen) atoms. The van der Waals surface area contributed by atoms with E-state index in [9.17, 15) is 8.78 Å². The molecule has 0 saturated carbocycles. The minimum absolute atomic E-state index is 0.235. The van der Waals surface area contributed by atoms with Crippen LogP contribution < -0.4 is 5.43 Å². The molecule has 0 aliphatic rings. The number of anilines is 1. The van der Waals surface area contributed by atoms with E-state index >= 15 is 0 Å². The van der Waals surface area contributed by atoms with Gasteiger partial charge < -0.3 is 0 Å². The smallest absolute Gasteiger partial charge is 0.165 e. The first-order chi connectivity index (χ1) is 9.08. The highest BCUT2D eigenvalue weighted by molar-refractivity contribution is 6.35. The van der Waals surface area contributed by atoms with Gasteiger partial charge in [-0.05, 0) is 18.2 Å². The Labute approximate surface area is 117 Å². The van der Waals surface area contributed by atoms with Crippen molar-refractivity contribution in [2.24, 2.45) is 5.10 Å². The van der Waals surface area contributed by atoms with Crippen LogP contribution in [-0.2, 0) is 0 Å². The van der Waals surface area contributed by atoms with E-state index in [1.165, 1.54) is 18.3 Å². The van der Waals surface area contributed by atoms with Gasteiger partial charge in [-0.2, -0.15) is 5.10 Å². The van der Waals surface area contributed by atoms with E-state index in [0.29, 0.717) is 5.02 Å². The standard InChI is InChI=1S/C12H7Cl2F2N3/c13-7-4-9(14)12(17-5-7)19-18-6-8-10(15)2-1-3-11(8)16/h1-6H,(H,17,19)/b18-6-. The van der Waals surface area contributed by atoms with E-state index in [4.69, 9.17) is 23.2 Å². The van der Waals surface area contributed by atoms with Crippen molar-refractivity contribution in [3.8, 4) is 0 Å². The number of hydrazone groups is 1. The molecule has 0 aliphatic heterocycles. The van der Waals surface area contributed by atoms with Crippen molar-refractivity contribution < 1.29 is 8.78 Å². The summed E-state index contributed by atoms with van der Waals surface area (Å²) in [6, 6.07) is 5.01. The summed E-state index contributed by atoms with van der Waals surface area (Å²) < 4.78 is 26.6. The molecule has 1 aromatic heterocycles. The molecule has 0 spiro atoms. The van der Waals surface area contributed by atoms with E-state index < -0.39 is 11.6 Å². The second kappa shape index (κ2) is 5.95. The number of aromatic nitrogens is 1. The number of rotatable bonds is 3. The zero-order chi connectivity index (χ0) is 13.8. The van der Waals surface area contributed by atoms with Crippen LogP contribution in [0.2, 0.25) is 10.0 Å². The highest BCUT2D eigenvalue weighted by Gasteiger charge is 2.05. The molecule has 0 radical (unpaired) electrons. The predicted molar refractivity (Wildman–Crippen MR) is 71.8 cm³/mol. The number of hydrogen-bond acceptors (Lipinski definition) is 3. The van der Waals surface area contributed by atoms with Crippen LogP contribution >= 0.6 is 23.2 Å². The van der Waals surface area contributed by atoms with Gasteiger partial charge in [0.1, 0.15) is 11.6 Å². The van der Waals surface area contributed by atoms with E-state index in [-0.39, 0.29) is 16.4 Å². The SMILES string of the molecule is Fc1cccc(F)c1/C=N\Nc1ncc(Cl)cc1Cl. The maximum Gasteiger partial charge on any atom is 0.165 e. The van der Waals surface area contributed by atoms with Crippen LogP contribution in [0.4, 0.5) is 14.6 Å². The van der Waals surface area contributed by atoms with Crippen molar-refractivity contribution >= 4 is 35.2 Å². The maximum atomic E-state index is 13.3. The van der Waals surface area contributed by atoms with Crippen molar-refractivity contribution in [1.82, 2.24) is 4.98 Å². The second-order valence-electron chi connectivity index (χ2n) is 3.49. The molecule has 98 valence electrons. The quantitative estimate of drug-likeness (QED) is 0.684. The summed E-state index contributed by atoms with van der Waals surface area (Å²) in [4.78, 5) is 3.88. The van der Waals surface area contributed by atoms with Crippen LogP contribution in [0.5, 0.6) is 0 Å². The van der Waals surface area contributed by atoms with Gasteiger partial charge in [0.2, 0.25) is 0 Å². The fourth-order valence-corrected chi connectivity index (χ4v) is 1.71. The Bertz CT molecular complexity index is 612. The molecular formula is C12H7Cl2F2N3. The van der Waals surface area contributed by atoms with Crippen LogP contribution in [0.3, 0.4) is 0 Å². The lowest BCUT2D eigenvalue weighted by molar-refractivity contribution is 0.580. The third-order valence-electron chi connectivity index (χ3n) is 2.17. The van der Waals surface area contributed by atoms with E-state index in [1.807, 2.05) is 0 Å². The molecule has 2 rings (SSSR count). The molecule has 0 bridgehead atoms. The first kappa shape index (κ1) is 13.7. The largest absolute Gasteiger partial charge is 0.260 e. The number of hydrogen-bond donors (Lipinski definition) is 1. The molecule has 0 unspecified atom stereocenters. The van der Waals surface area contributed by atoms with Gasteiger partial charge >= 0.3 is 0 Å². The van der Waals surface area contributed by atoms with Crippen molar-refractivity contribution in [3.63, 3.8) is 0 Å². The number of nitrogens with zero attached hydrogens (tertiary/aromatic N) is 2. The Balaban J connectivity index is 2.16. The molecule has 0 saturated heterocycles. The average molecular weight is 302 g/mol. The van der Waals surface area contributed by atoms with Gasteiger partial charge in [-0.25, -0.2) is 13.8 Å². The Hall–Kier alpha value is -1.72. The summed E-state index contributed by atoms with van der Waals surface area (Å²) in [6.07, 6.45) is 2.38. The molecule has 0 amide bonds. The van der Waals surface area contributed by atoms with Crippen LogP contribution in [0.1, 0.15) is 5.56 Å². The Morgan fingerprint density at radius 2 is 1.89 bits per heavy atom.